The largest absolute Gasteiger partial charge is 0.491 e. The van der Waals surface area contributed by atoms with Gasteiger partial charge in [-0.1, -0.05) is 36.2 Å². The van der Waals surface area contributed by atoms with Gasteiger partial charge in [0.2, 0.25) is 5.91 Å². The second-order valence-corrected chi connectivity index (χ2v) is 10.4. The summed E-state index contributed by atoms with van der Waals surface area (Å²) in [6, 6.07) is 16.6. The lowest BCUT2D eigenvalue weighted by Crippen LogP contribution is -2.49. The van der Waals surface area contributed by atoms with Crippen molar-refractivity contribution in [2.45, 2.75) is 45.7 Å². The lowest BCUT2D eigenvalue weighted by molar-refractivity contribution is -0.136. The summed E-state index contributed by atoms with van der Waals surface area (Å²) in [5.41, 5.74) is 2.82. The highest BCUT2D eigenvalue weighted by Gasteiger charge is 2.34. The molecule has 0 saturated carbocycles. The van der Waals surface area contributed by atoms with E-state index < -0.39 is 0 Å². The number of hydrogen-bond acceptors (Lipinski definition) is 4. The zero-order valence-electron chi connectivity index (χ0n) is 20.4. The number of fused-ring (bicyclic) bond motifs is 1. The molecule has 2 amide bonds. The van der Waals surface area contributed by atoms with Gasteiger partial charge in [0.15, 0.2) is 0 Å². The Hall–Kier alpha value is -2.83. The molecule has 2 aromatic carbocycles. The van der Waals surface area contributed by atoms with Gasteiger partial charge in [-0.25, -0.2) is 0 Å². The molecule has 7 heteroatoms. The van der Waals surface area contributed by atoms with E-state index in [-0.39, 0.29) is 30.4 Å². The SMILES string of the molecule is CCC(C)N(CC(=O)N1CCc2sccc2C1COc1ccc(Cl)cc1)C(=O)c1ccc(C)cc1. The molecule has 1 aromatic heterocycles. The van der Waals surface area contributed by atoms with E-state index in [2.05, 4.69) is 11.4 Å². The molecule has 5 nitrogen and oxygen atoms in total. The van der Waals surface area contributed by atoms with Crippen LogP contribution in [-0.2, 0) is 11.2 Å². The maximum Gasteiger partial charge on any atom is 0.254 e. The van der Waals surface area contributed by atoms with Gasteiger partial charge in [0.1, 0.15) is 18.9 Å². The number of aryl methyl sites for hydroxylation is 1. The third kappa shape index (κ3) is 5.88. The minimum absolute atomic E-state index is 0.0403. The van der Waals surface area contributed by atoms with Gasteiger partial charge in [-0.15, -0.1) is 11.3 Å². The molecule has 0 aliphatic carbocycles. The van der Waals surface area contributed by atoms with Crippen LogP contribution in [0.2, 0.25) is 5.02 Å². The molecule has 1 aliphatic heterocycles. The fourth-order valence-corrected chi connectivity index (χ4v) is 5.38. The summed E-state index contributed by atoms with van der Waals surface area (Å²) in [7, 11) is 0. The lowest BCUT2D eigenvalue weighted by Gasteiger charge is -2.38. The van der Waals surface area contributed by atoms with Crippen molar-refractivity contribution < 1.29 is 14.3 Å². The van der Waals surface area contributed by atoms with Gasteiger partial charge in [-0.2, -0.15) is 0 Å². The van der Waals surface area contributed by atoms with E-state index in [9.17, 15) is 9.59 Å². The van der Waals surface area contributed by atoms with Gasteiger partial charge in [0, 0.05) is 28.0 Å². The highest BCUT2D eigenvalue weighted by molar-refractivity contribution is 7.10. The zero-order valence-corrected chi connectivity index (χ0v) is 21.9. The summed E-state index contributed by atoms with van der Waals surface area (Å²) in [5, 5.41) is 2.72. The van der Waals surface area contributed by atoms with E-state index >= 15 is 0 Å². The van der Waals surface area contributed by atoms with Crippen molar-refractivity contribution in [3.63, 3.8) is 0 Å². The number of carbonyl (C=O) groups excluding carboxylic acids is 2. The maximum absolute atomic E-state index is 13.7. The first-order valence-electron chi connectivity index (χ1n) is 12.0. The van der Waals surface area contributed by atoms with E-state index in [0.717, 1.165) is 24.0 Å². The van der Waals surface area contributed by atoms with Crippen LogP contribution in [0.4, 0.5) is 0 Å². The van der Waals surface area contributed by atoms with Crippen LogP contribution in [0.3, 0.4) is 0 Å². The molecule has 0 saturated heterocycles. The first kappa shape index (κ1) is 25.3. The summed E-state index contributed by atoms with van der Waals surface area (Å²) >= 11 is 7.72. The topological polar surface area (TPSA) is 49.9 Å². The van der Waals surface area contributed by atoms with E-state index in [1.165, 1.54) is 4.88 Å². The van der Waals surface area contributed by atoms with Crippen molar-refractivity contribution >= 4 is 34.8 Å². The third-order valence-corrected chi connectivity index (χ3v) is 7.87. The van der Waals surface area contributed by atoms with Crippen molar-refractivity contribution in [2.75, 3.05) is 19.7 Å². The molecule has 2 unspecified atom stereocenters. The predicted molar refractivity (Wildman–Crippen MR) is 141 cm³/mol. The number of benzene rings is 2. The van der Waals surface area contributed by atoms with Crippen LogP contribution in [0.25, 0.3) is 0 Å². The molecule has 4 rings (SSSR count). The average Bonchev–Trinajstić information content (AvgIpc) is 3.35. The molecule has 3 aromatic rings. The first-order chi connectivity index (χ1) is 16.9. The van der Waals surface area contributed by atoms with Crippen LogP contribution in [0, 0.1) is 6.92 Å². The van der Waals surface area contributed by atoms with E-state index in [1.54, 1.807) is 28.4 Å². The summed E-state index contributed by atoms with van der Waals surface area (Å²) in [4.78, 5) is 31.9. The van der Waals surface area contributed by atoms with Crippen molar-refractivity contribution in [3.8, 4) is 5.75 Å². The van der Waals surface area contributed by atoms with Crippen molar-refractivity contribution in [3.05, 3.63) is 86.6 Å². The average molecular weight is 511 g/mol. The fraction of sp³-hybridized carbons (Fsp3) is 0.357. The van der Waals surface area contributed by atoms with Crippen LogP contribution in [0.5, 0.6) is 5.75 Å². The number of amides is 2. The normalized spacial score (nSPS) is 15.9. The quantitative estimate of drug-likeness (QED) is 0.365. The number of thiophene rings is 1. The van der Waals surface area contributed by atoms with Crippen LogP contribution >= 0.6 is 22.9 Å². The summed E-state index contributed by atoms with van der Waals surface area (Å²) in [5.74, 6) is 0.530. The van der Waals surface area contributed by atoms with Gasteiger partial charge in [0.05, 0.1) is 6.04 Å². The number of halogens is 1. The molecule has 2 atom stereocenters. The first-order valence-corrected chi connectivity index (χ1v) is 13.2. The highest BCUT2D eigenvalue weighted by atomic mass is 35.5. The molecular formula is C28H31ClN2O3S. The molecule has 0 radical (unpaired) electrons. The Balaban J connectivity index is 1.54. The molecule has 35 heavy (non-hydrogen) atoms. The Kier molecular flexibility index (Phi) is 8.14. The van der Waals surface area contributed by atoms with E-state index in [1.807, 2.05) is 62.1 Å². The standard InChI is InChI=1S/C28H31ClN2O3S/c1-4-20(3)31(28(33)21-7-5-19(2)6-8-21)17-27(32)30-15-13-26-24(14-16-35-26)25(30)18-34-23-11-9-22(29)10-12-23/h5-12,14,16,20,25H,4,13,15,17-18H2,1-3H3. The number of ether oxygens (including phenoxy) is 1. The third-order valence-electron chi connectivity index (χ3n) is 6.62. The predicted octanol–water partition coefficient (Wildman–Crippen LogP) is 6.16. The maximum atomic E-state index is 13.7. The summed E-state index contributed by atoms with van der Waals surface area (Å²) in [6.45, 7) is 7.00. The van der Waals surface area contributed by atoms with Crippen LogP contribution in [0.1, 0.15) is 52.7 Å². The molecule has 184 valence electrons. The van der Waals surface area contributed by atoms with Gasteiger partial charge in [-0.3, -0.25) is 9.59 Å². The number of carbonyl (C=O) groups is 2. The zero-order chi connectivity index (χ0) is 24.9. The Labute approximate surface area is 216 Å². The van der Waals surface area contributed by atoms with Crippen LogP contribution in [0.15, 0.2) is 60.0 Å². The number of rotatable bonds is 8. The van der Waals surface area contributed by atoms with E-state index in [0.29, 0.717) is 29.5 Å². The fourth-order valence-electron chi connectivity index (χ4n) is 4.33. The molecule has 0 N–H and O–H groups in total. The second-order valence-electron chi connectivity index (χ2n) is 8.97. The van der Waals surface area contributed by atoms with Crippen LogP contribution in [-0.4, -0.2) is 47.4 Å². The minimum atomic E-state index is -0.207. The van der Waals surface area contributed by atoms with Crippen molar-refractivity contribution in [1.29, 1.82) is 0 Å². The van der Waals surface area contributed by atoms with Crippen molar-refractivity contribution in [1.82, 2.24) is 9.80 Å². The lowest BCUT2D eigenvalue weighted by atomic mass is 10.00. The second kappa shape index (κ2) is 11.3. The van der Waals surface area contributed by atoms with Gasteiger partial charge < -0.3 is 14.5 Å². The Morgan fingerprint density at radius 1 is 1.14 bits per heavy atom. The Bertz CT molecular complexity index is 1160. The van der Waals surface area contributed by atoms with Crippen LogP contribution < -0.4 is 4.74 Å². The molecule has 0 bridgehead atoms. The summed E-state index contributed by atoms with van der Waals surface area (Å²) < 4.78 is 6.08. The minimum Gasteiger partial charge on any atom is -0.491 e. The Morgan fingerprint density at radius 2 is 1.86 bits per heavy atom. The molecule has 0 fully saturated rings. The number of hydrogen-bond donors (Lipinski definition) is 0. The van der Waals surface area contributed by atoms with Gasteiger partial charge in [0.25, 0.3) is 5.91 Å². The Morgan fingerprint density at radius 3 is 2.54 bits per heavy atom. The van der Waals surface area contributed by atoms with E-state index in [4.69, 9.17) is 16.3 Å². The molecule has 2 heterocycles. The molecular weight excluding hydrogens is 480 g/mol. The summed E-state index contributed by atoms with van der Waals surface area (Å²) in [6.07, 6.45) is 1.58. The van der Waals surface area contributed by atoms with Crippen molar-refractivity contribution in [2.24, 2.45) is 0 Å². The molecule has 1 aliphatic rings. The monoisotopic (exact) mass is 510 g/mol. The highest BCUT2D eigenvalue weighted by Crippen LogP contribution is 2.34. The number of nitrogens with zero attached hydrogens (tertiary/aromatic N) is 2. The smallest absolute Gasteiger partial charge is 0.254 e. The van der Waals surface area contributed by atoms with Gasteiger partial charge >= 0.3 is 0 Å². The van der Waals surface area contributed by atoms with Gasteiger partial charge in [-0.05, 0) is 80.1 Å². The molecule has 0 spiro atoms.